The maximum absolute atomic E-state index is 10.1. The fourth-order valence-electron chi connectivity index (χ4n) is 2.64. The molecule has 0 aromatic carbocycles. The van der Waals surface area contributed by atoms with Gasteiger partial charge < -0.3 is 20.5 Å². The minimum Gasteiger partial charge on any atom is -0.390 e. The number of aliphatic hydroxyl groups excluding tert-OH is 2. The van der Waals surface area contributed by atoms with Crippen LogP contribution in [-0.4, -0.2) is 47.8 Å². The number of aromatic nitrogens is 4. The third-order valence-corrected chi connectivity index (χ3v) is 4.11. The minimum atomic E-state index is -0.891. The van der Waals surface area contributed by atoms with Crippen LogP contribution in [0, 0.1) is 5.92 Å². The first-order valence-electron chi connectivity index (χ1n) is 5.98. The summed E-state index contributed by atoms with van der Waals surface area (Å²) in [6, 6.07) is -0.307. The van der Waals surface area contributed by atoms with E-state index in [-0.39, 0.29) is 12.0 Å². The van der Waals surface area contributed by atoms with Crippen molar-refractivity contribution in [2.24, 2.45) is 5.92 Å². The van der Waals surface area contributed by atoms with E-state index in [1.165, 1.54) is 6.33 Å². The summed E-state index contributed by atoms with van der Waals surface area (Å²) < 4.78 is 1.73. The Kier molecular flexibility index (Phi) is 3.04. The van der Waals surface area contributed by atoms with Crippen molar-refractivity contribution >= 4 is 28.6 Å². The van der Waals surface area contributed by atoms with E-state index in [0.717, 1.165) is 0 Å². The Morgan fingerprint density at radius 3 is 2.79 bits per heavy atom. The first kappa shape index (κ1) is 12.6. The Morgan fingerprint density at radius 2 is 2.11 bits per heavy atom. The lowest BCUT2D eigenvalue weighted by Gasteiger charge is -2.18. The van der Waals surface area contributed by atoms with E-state index in [2.05, 4.69) is 15.0 Å². The van der Waals surface area contributed by atoms with Crippen LogP contribution in [0.2, 0.25) is 0 Å². The summed E-state index contributed by atoms with van der Waals surface area (Å²) in [6.45, 7) is 0. The smallest absolute Gasteiger partial charge is 0.165 e. The Hall–Kier alpha value is -1.44. The van der Waals surface area contributed by atoms with Crippen LogP contribution in [0.5, 0.6) is 0 Å². The summed E-state index contributed by atoms with van der Waals surface area (Å²) >= 11 is 5.80. The molecule has 1 aliphatic rings. The largest absolute Gasteiger partial charge is 0.390 e. The first-order valence-corrected chi connectivity index (χ1v) is 6.52. The number of imidazole rings is 1. The van der Waals surface area contributed by atoms with Crippen molar-refractivity contribution in [3.63, 3.8) is 0 Å². The average molecular weight is 284 g/mol. The van der Waals surface area contributed by atoms with Gasteiger partial charge in [0, 0.05) is 11.8 Å². The molecule has 1 fully saturated rings. The molecule has 4 N–H and O–H groups in total. The fraction of sp³-hybridized carbons (Fsp3) is 0.545. The van der Waals surface area contributed by atoms with Crippen molar-refractivity contribution in [3.8, 4) is 0 Å². The third kappa shape index (κ3) is 1.85. The summed E-state index contributed by atoms with van der Waals surface area (Å²) in [4.78, 5) is 12.2. The van der Waals surface area contributed by atoms with Crippen molar-refractivity contribution in [1.82, 2.24) is 19.5 Å². The van der Waals surface area contributed by atoms with Gasteiger partial charge in [-0.1, -0.05) is 0 Å². The van der Waals surface area contributed by atoms with Gasteiger partial charge in [0.15, 0.2) is 11.5 Å². The summed E-state index contributed by atoms with van der Waals surface area (Å²) in [5.41, 5.74) is 6.78. The van der Waals surface area contributed by atoms with E-state index in [0.29, 0.717) is 29.3 Å². The van der Waals surface area contributed by atoms with Gasteiger partial charge in [0.1, 0.15) is 17.9 Å². The molecular formula is C11H14ClN5O2. The van der Waals surface area contributed by atoms with E-state index < -0.39 is 12.2 Å². The van der Waals surface area contributed by atoms with Crippen LogP contribution >= 0.6 is 11.6 Å². The molecule has 0 bridgehead atoms. The SMILES string of the molecule is Nc1ncnc2c1ncn2[C@H]1C[C@@H](CCl)[C@H](O)[C@H]1O. The van der Waals surface area contributed by atoms with Crippen LogP contribution in [0.3, 0.4) is 0 Å². The molecule has 0 saturated heterocycles. The minimum absolute atomic E-state index is 0.140. The number of halogens is 1. The zero-order valence-corrected chi connectivity index (χ0v) is 10.8. The summed E-state index contributed by atoms with van der Waals surface area (Å²) in [5, 5.41) is 20.1. The topological polar surface area (TPSA) is 110 Å². The molecule has 2 aromatic rings. The van der Waals surface area contributed by atoms with Crippen molar-refractivity contribution in [2.45, 2.75) is 24.7 Å². The summed E-state index contributed by atoms with van der Waals surface area (Å²) in [7, 11) is 0. The lowest BCUT2D eigenvalue weighted by molar-refractivity contribution is 0.0102. The van der Waals surface area contributed by atoms with E-state index in [9.17, 15) is 10.2 Å². The molecule has 0 radical (unpaired) electrons. The number of nitrogens with two attached hydrogens (primary N) is 1. The first-order chi connectivity index (χ1) is 9.13. The van der Waals surface area contributed by atoms with Crippen LogP contribution < -0.4 is 5.73 Å². The van der Waals surface area contributed by atoms with Crippen molar-refractivity contribution < 1.29 is 10.2 Å². The second kappa shape index (κ2) is 4.59. The lowest BCUT2D eigenvalue weighted by atomic mass is 10.1. The van der Waals surface area contributed by atoms with Crippen LogP contribution in [0.15, 0.2) is 12.7 Å². The number of rotatable bonds is 2. The Morgan fingerprint density at radius 1 is 1.32 bits per heavy atom. The normalized spacial score (nSPS) is 31.1. The predicted octanol–water partition coefficient (Wildman–Crippen LogP) is -0.0699. The lowest BCUT2D eigenvalue weighted by Crippen LogP contribution is -2.29. The third-order valence-electron chi connectivity index (χ3n) is 3.71. The van der Waals surface area contributed by atoms with Crippen LogP contribution in [0.4, 0.5) is 5.82 Å². The second-order valence-corrected chi connectivity index (χ2v) is 5.09. The predicted molar refractivity (Wildman–Crippen MR) is 69.6 cm³/mol. The molecule has 2 heterocycles. The number of nitrogen functional groups attached to an aromatic ring is 1. The molecule has 102 valence electrons. The molecule has 0 amide bonds. The monoisotopic (exact) mass is 283 g/mol. The summed E-state index contributed by atoms with van der Waals surface area (Å²) in [5.74, 6) is 0.461. The molecule has 0 spiro atoms. The molecule has 8 heteroatoms. The number of nitrogens with zero attached hydrogens (tertiary/aromatic N) is 4. The maximum atomic E-state index is 10.1. The van der Waals surface area contributed by atoms with Gasteiger partial charge in [-0.3, -0.25) is 0 Å². The van der Waals surface area contributed by atoms with Gasteiger partial charge in [-0.05, 0) is 6.42 Å². The van der Waals surface area contributed by atoms with Gasteiger partial charge in [-0.15, -0.1) is 11.6 Å². The standard InChI is InChI=1S/C11H14ClN5O2/c12-2-5-1-6(9(19)8(5)18)17-4-16-7-10(13)14-3-15-11(7)17/h3-6,8-9,18-19H,1-2H2,(H2,13,14,15)/t5-,6-,8-,9-/m0/s1. The van der Waals surface area contributed by atoms with Crippen molar-refractivity contribution in [2.75, 3.05) is 11.6 Å². The number of alkyl halides is 1. The fourth-order valence-corrected chi connectivity index (χ4v) is 2.95. The molecule has 0 aliphatic heterocycles. The molecule has 0 unspecified atom stereocenters. The number of fused-ring (bicyclic) bond motifs is 1. The van der Waals surface area contributed by atoms with E-state index >= 15 is 0 Å². The van der Waals surface area contributed by atoms with E-state index in [1.54, 1.807) is 10.9 Å². The molecule has 2 aromatic heterocycles. The van der Waals surface area contributed by atoms with E-state index in [4.69, 9.17) is 17.3 Å². The molecule has 3 rings (SSSR count). The van der Waals surface area contributed by atoms with Crippen LogP contribution in [0.1, 0.15) is 12.5 Å². The molecule has 1 saturated carbocycles. The highest BCUT2D eigenvalue weighted by Gasteiger charge is 2.42. The highest BCUT2D eigenvalue weighted by atomic mass is 35.5. The Balaban J connectivity index is 2.04. The van der Waals surface area contributed by atoms with Gasteiger partial charge >= 0.3 is 0 Å². The quantitative estimate of drug-likeness (QED) is 0.666. The van der Waals surface area contributed by atoms with Crippen LogP contribution in [0.25, 0.3) is 11.2 Å². The Bertz CT molecular complexity index is 604. The van der Waals surface area contributed by atoms with E-state index in [1.807, 2.05) is 0 Å². The van der Waals surface area contributed by atoms with Crippen molar-refractivity contribution in [3.05, 3.63) is 12.7 Å². The number of aliphatic hydroxyl groups is 2. The molecule has 7 nitrogen and oxygen atoms in total. The second-order valence-electron chi connectivity index (χ2n) is 4.78. The van der Waals surface area contributed by atoms with Crippen molar-refractivity contribution in [1.29, 1.82) is 0 Å². The highest BCUT2D eigenvalue weighted by molar-refractivity contribution is 6.18. The van der Waals surface area contributed by atoms with Gasteiger partial charge in [-0.2, -0.15) is 0 Å². The van der Waals surface area contributed by atoms with Gasteiger partial charge in [-0.25, -0.2) is 15.0 Å². The zero-order valence-electron chi connectivity index (χ0n) is 10.0. The molecule has 1 aliphatic carbocycles. The number of hydrogen-bond acceptors (Lipinski definition) is 6. The zero-order chi connectivity index (χ0) is 13.6. The molecule has 19 heavy (non-hydrogen) atoms. The summed E-state index contributed by atoms with van der Waals surface area (Å²) in [6.07, 6.45) is 1.76. The van der Waals surface area contributed by atoms with Gasteiger partial charge in [0.05, 0.1) is 18.5 Å². The van der Waals surface area contributed by atoms with Gasteiger partial charge in [0.2, 0.25) is 0 Å². The van der Waals surface area contributed by atoms with Crippen LogP contribution in [-0.2, 0) is 0 Å². The number of anilines is 1. The average Bonchev–Trinajstić information content (AvgIpc) is 2.94. The highest BCUT2D eigenvalue weighted by Crippen LogP contribution is 2.37. The maximum Gasteiger partial charge on any atom is 0.165 e. The number of hydrogen-bond donors (Lipinski definition) is 3. The molecular weight excluding hydrogens is 270 g/mol. The Labute approximate surface area is 114 Å². The van der Waals surface area contributed by atoms with Gasteiger partial charge in [0.25, 0.3) is 0 Å². The molecule has 4 atom stereocenters.